The van der Waals surface area contributed by atoms with Crippen molar-refractivity contribution in [2.75, 3.05) is 11.9 Å². The van der Waals surface area contributed by atoms with E-state index in [9.17, 15) is 24.9 Å². The van der Waals surface area contributed by atoms with Crippen LogP contribution in [0.2, 0.25) is 10.0 Å². The van der Waals surface area contributed by atoms with E-state index in [1.165, 1.54) is 6.08 Å². The van der Waals surface area contributed by atoms with Crippen molar-refractivity contribution in [1.29, 1.82) is 0 Å². The Kier molecular flexibility index (Phi) is 8.90. The van der Waals surface area contributed by atoms with Crippen LogP contribution in [0.25, 0.3) is 0 Å². The zero-order chi connectivity index (χ0) is 24.8. The molecule has 11 heteroatoms. The lowest BCUT2D eigenvalue weighted by atomic mass is 9.99. The topological polar surface area (TPSA) is 135 Å². The van der Waals surface area contributed by atoms with Gasteiger partial charge in [-0.1, -0.05) is 60.1 Å². The summed E-state index contributed by atoms with van der Waals surface area (Å²) >= 11 is 12.4. The number of hydrogen-bond acceptors (Lipinski definition) is 9. The Morgan fingerprint density at radius 1 is 1.03 bits per heavy atom. The second-order valence-electron chi connectivity index (χ2n) is 7.36. The molecule has 1 aliphatic heterocycles. The molecule has 5 atom stereocenters. The third-order valence-electron chi connectivity index (χ3n) is 4.97. The van der Waals surface area contributed by atoms with Crippen LogP contribution in [0.15, 0.2) is 55.1 Å². The number of benzene rings is 2. The first-order valence-corrected chi connectivity index (χ1v) is 10.9. The van der Waals surface area contributed by atoms with E-state index >= 15 is 0 Å². The second-order valence-corrected chi connectivity index (χ2v) is 8.18. The number of carbonyl (C=O) groups excluding carboxylic acids is 2. The minimum absolute atomic E-state index is 0.159. The maximum Gasteiger partial charge on any atom is 0.338 e. The van der Waals surface area contributed by atoms with E-state index in [1.54, 1.807) is 42.5 Å². The molecule has 182 valence electrons. The van der Waals surface area contributed by atoms with Gasteiger partial charge in [0.1, 0.15) is 24.9 Å². The van der Waals surface area contributed by atoms with Crippen LogP contribution < -0.4 is 5.32 Å². The molecule has 1 heterocycles. The van der Waals surface area contributed by atoms with E-state index in [1.807, 2.05) is 0 Å². The predicted molar refractivity (Wildman–Crippen MR) is 124 cm³/mol. The Hall–Kier alpha value is -2.66. The lowest BCUT2D eigenvalue weighted by Crippen LogP contribution is -2.61. The molecule has 0 amide bonds. The molecule has 0 spiro atoms. The van der Waals surface area contributed by atoms with Gasteiger partial charge in [-0.15, -0.1) is 0 Å². The monoisotopic (exact) mass is 511 g/mol. The third kappa shape index (κ3) is 6.06. The predicted octanol–water partition coefficient (Wildman–Crippen LogP) is 2.36. The van der Waals surface area contributed by atoms with Crippen LogP contribution in [0.1, 0.15) is 5.56 Å². The van der Waals surface area contributed by atoms with Crippen LogP contribution in [0, 0.1) is 0 Å². The normalized spacial score (nSPS) is 24.2. The first kappa shape index (κ1) is 26.0. The van der Waals surface area contributed by atoms with Gasteiger partial charge in [0, 0.05) is 5.69 Å². The largest absolute Gasteiger partial charge is 0.459 e. The van der Waals surface area contributed by atoms with Crippen LogP contribution in [0.3, 0.4) is 0 Å². The van der Waals surface area contributed by atoms with Gasteiger partial charge in [0.05, 0.1) is 22.2 Å². The molecule has 0 aromatic heterocycles. The Labute approximate surface area is 205 Å². The highest BCUT2D eigenvalue weighted by molar-refractivity contribution is 6.39. The van der Waals surface area contributed by atoms with Gasteiger partial charge in [-0.3, -0.25) is 4.79 Å². The number of carbonyl (C=O) groups is 2. The Morgan fingerprint density at radius 3 is 2.38 bits per heavy atom. The van der Waals surface area contributed by atoms with Crippen LogP contribution in [-0.2, 0) is 30.2 Å². The van der Waals surface area contributed by atoms with E-state index in [0.29, 0.717) is 27.0 Å². The number of rotatable bonds is 8. The zero-order valence-corrected chi connectivity index (χ0v) is 19.3. The highest BCUT2D eigenvalue weighted by Gasteiger charge is 2.49. The number of aliphatic hydroxyl groups is 3. The smallest absolute Gasteiger partial charge is 0.338 e. The van der Waals surface area contributed by atoms with E-state index in [2.05, 4.69) is 11.9 Å². The summed E-state index contributed by atoms with van der Waals surface area (Å²) in [6, 6.07) is 11.8. The van der Waals surface area contributed by atoms with E-state index in [4.69, 9.17) is 37.4 Å². The summed E-state index contributed by atoms with van der Waals surface area (Å²) in [6.07, 6.45) is -7.74. The number of esters is 2. The van der Waals surface area contributed by atoms with Crippen LogP contribution in [0.5, 0.6) is 0 Å². The summed E-state index contributed by atoms with van der Waals surface area (Å²) in [6.45, 7) is 3.24. The highest BCUT2D eigenvalue weighted by atomic mass is 35.5. The summed E-state index contributed by atoms with van der Waals surface area (Å²) in [4.78, 5) is 24.7. The number of hydrogen-bond donors (Lipinski definition) is 4. The molecule has 1 aliphatic rings. The lowest BCUT2D eigenvalue weighted by molar-refractivity contribution is -0.287. The fraction of sp³-hybridized carbons (Fsp3) is 0.304. The molecule has 2 aromatic rings. The van der Waals surface area contributed by atoms with Crippen molar-refractivity contribution in [3.8, 4) is 0 Å². The van der Waals surface area contributed by atoms with Gasteiger partial charge < -0.3 is 34.8 Å². The van der Waals surface area contributed by atoms with Crippen molar-refractivity contribution < 1.29 is 39.1 Å². The zero-order valence-electron chi connectivity index (χ0n) is 17.8. The molecular weight excluding hydrogens is 489 g/mol. The standard InChI is InChI=1S/C23H23Cl2NO8/c1-2-10-32-22(31)21-19(29)18(28)20(30)23(34-21)33-16(27)11-12-6-3-4-9-15(12)26-17-13(24)7-5-8-14(17)25/h2-9,18-21,23,26,28-30H,1,10-11H2/t18?,19-,20?,21?,23+/m1/s1. The number of ether oxygens (including phenoxy) is 3. The Bertz CT molecular complexity index is 1030. The average Bonchev–Trinajstić information content (AvgIpc) is 2.81. The molecule has 1 saturated heterocycles. The molecular formula is C23H23Cl2NO8. The minimum atomic E-state index is -1.82. The fourth-order valence-corrected chi connectivity index (χ4v) is 3.73. The molecule has 3 unspecified atom stereocenters. The van der Waals surface area contributed by atoms with Crippen molar-refractivity contribution in [3.63, 3.8) is 0 Å². The minimum Gasteiger partial charge on any atom is -0.459 e. The highest BCUT2D eigenvalue weighted by Crippen LogP contribution is 2.34. The SMILES string of the molecule is C=CCOC(=O)C1O[C@H](OC(=O)Cc2ccccc2Nc2c(Cl)cccc2Cl)C(O)C(O)[C@H]1O. The van der Waals surface area contributed by atoms with Gasteiger partial charge >= 0.3 is 11.9 Å². The molecule has 0 bridgehead atoms. The molecule has 34 heavy (non-hydrogen) atoms. The number of para-hydroxylation sites is 2. The Balaban J connectivity index is 1.71. The summed E-state index contributed by atoms with van der Waals surface area (Å²) < 4.78 is 15.2. The first-order valence-electron chi connectivity index (χ1n) is 10.2. The average molecular weight is 512 g/mol. The first-order chi connectivity index (χ1) is 16.2. The van der Waals surface area contributed by atoms with Crippen LogP contribution >= 0.6 is 23.2 Å². The molecule has 9 nitrogen and oxygen atoms in total. The number of aliphatic hydroxyl groups excluding tert-OH is 3. The van der Waals surface area contributed by atoms with E-state index in [0.717, 1.165) is 0 Å². The molecule has 1 fully saturated rings. The van der Waals surface area contributed by atoms with Gasteiger partial charge in [-0.05, 0) is 23.8 Å². The van der Waals surface area contributed by atoms with Crippen molar-refractivity contribution in [2.45, 2.75) is 37.1 Å². The van der Waals surface area contributed by atoms with Crippen molar-refractivity contribution >= 4 is 46.5 Å². The molecule has 0 radical (unpaired) electrons. The molecule has 0 saturated carbocycles. The molecule has 3 rings (SSSR count). The number of halogens is 2. The summed E-state index contributed by atoms with van der Waals surface area (Å²) in [7, 11) is 0. The van der Waals surface area contributed by atoms with Gasteiger partial charge in [-0.2, -0.15) is 0 Å². The molecule has 2 aromatic carbocycles. The molecule has 4 N–H and O–H groups in total. The van der Waals surface area contributed by atoms with Crippen molar-refractivity contribution in [2.24, 2.45) is 0 Å². The number of nitrogens with one attached hydrogen (secondary N) is 1. The summed E-state index contributed by atoms with van der Waals surface area (Å²) in [5.74, 6) is -1.84. The fourth-order valence-electron chi connectivity index (χ4n) is 3.24. The maximum absolute atomic E-state index is 12.6. The van der Waals surface area contributed by atoms with E-state index < -0.39 is 42.6 Å². The van der Waals surface area contributed by atoms with Gasteiger partial charge in [-0.25, -0.2) is 4.79 Å². The maximum atomic E-state index is 12.6. The van der Waals surface area contributed by atoms with Crippen molar-refractivity contribution in [3.05, 3.63) is 70.7 Å². The van der Waals surface area contributed by atoms with Gasteiger partial charge in [0.25, 0.3) is 0 Å². The third-order valence-corrected chi connectivity index (χ3v) is 5.60. The van der Waals surface area contributed by atoms with Crippen LogP contribution in [-0.4, -0.2) is 64.6 Å². The van der Waals surface area contributed by atoms with Gasteiger partial charge in [0.2, 0.25) is 6.29 Å². The summed E-state index contributed by atoms with van der Waals surface area (Å²) in [5, 5.41) is 34.2. The quantitative estimate of drug-likeness (QED) is 0.311. The summed E-state index contributed by atoms with van der Waals surface area (Å²) in [5.41, 5.74) is 1.49. The number of anilines is 2. The van der Waals surface area contributed by atoms with Crippen molar-refractivity contribution in [1.82, 2.24) is 0 Å². The molecule has 0 aliphatic carbocycles. The van der Waals surface area contributed by atoms with E-state index in [-0.39, 0.29) is 13.0 Å². The van der Waals surface area contributed by atoms with Gasteiger partial charge in [0.15, 0.2) is 6.10 Å². The van der Waals surface area contributed by atoms with Crippen LogP contribution in [0.4, 0.5) is 11.4 Å². The second kappa shape index (κ2) is 11.7. The Morgan fingerprint density at radius 2 is 1.71 bits per heavy atom. The lowest BCUT2D eigenvalue weighted by Gasteiger charge is -2.38.